The summed E-state index contributed by atoms with van der Waals surface area (Å²) in [6.45, 7) is 6.25. The van der Waals surface area contributed by atoms with Crippen LogP contribution in [0.3, 0.4) is 0 Å². The molecule has 1 aromatic heterocycles. The number of nitrogens with one attached hydrogen (secondary N) is 1. The van der Waals surface area contributed by atoms with Crippen molar-refractivity contribution in [2.45, 2.75) is 51.6 Å². The summed E-state index contributed by atoms with van der Waals surface area (Å²) >= 11 is 0. The molecule has 2 fully saturated rings. The van der Waals surface area contributed by atoms with Crippen LogP contribution in [-0.4, -0.2) is 70.0 Å². The zero-order valence-corrected chi connectivity index (χ0v) is 20.8. The van der Waals surface area contributed by atoms with Gasteiger partial charge in [-0.05, 0) is 55.4 Å². The fraction of sp³-hybridized carbons (Fsp3) is 0.481. The van der Waals surface area contributed by atoms with Crippen LogP contribution in [-0.2, 0) is 16.1 Å². The number of benzene rings is 1. The van der Waals surface area contributed by atoms with E-state index in [9.17, 15) is 19.5 Å². The van der Waals surface area contributed by atoms with Crippen molar-refractivity contribution in [3.05, 3.63) is 53.2 Å². The average Bonchev–Trinajstić information content (AvgIpc) is 3.35. The van der Waals surface area contributed by atoms with E-state index in [1.807, 2.05) is 47.1 Å². The van der Waals surface area contributed by atoms with E-state index in [0.717, 1.165) is 28.9 Å². The summed E-state index contributed by atoms with van der Waals surface area (Å²) in [5.74, 6) is 0.368. The van der Waals surface area contributed by atoms with Gasteiger partial charge in [0.2, 0.25) is 11.8 Å². The van der Waals surface area contributed by atoms with Crippen LogP contribution in [0.2, 0.25) is 0 Å². The number of amides is 3. The van der Waals surface area contributed by atoms with Gasteiger partial charge < -0.3 is 25.1 Å². The van der Waals surface area contributed by atoms with Crippen molar-refractivity contribution in [3.63, 3.8) is 0 Å². The molecule has 9 heteroatoms. The Morgan fingerprint density at radius 2 is 1.75 bits per heavy atom. The number of rotatable bonds is 4. The Kier molecular flexibility index (Phi) is 6.55. The van der Waals surface area contributed by atoms with E-state index < -0.39 is 12.0 Å². The number of nitrogens with zero attached hydrogens (tertiary/aromatic N) is 4. The SMILES string of the molecule is CC(=O)N1CC[C@@H](C2C(=O)N(c3ccccc3C)Cc3ccc(NC4CCN(C(=O)O)CC4)nc32)C1. The highest BCUT2D eigenvalue weighted by molar-refractivity contribution is 6.00. The van der Waals surface area contributed by atoms with Gasteiger partial charge in [-0.1, -0.05) is 24.3 Å². The molecule has 36 heavy (non-hydrogen) atoms. The van der Waals surface area contributed by atoms with E-state index >= 15 is 0 Å². The van der Waals surface area contributed by atoms with Gasteiger partial charge in [0, 0.05) is 44.8 Å². The molecule has 2 saturated heterocycles. The molecule has 0 bridgehead atoms. The number of aryl methyl sites for hydroxylation is 1. The Hall–Kier alpha value is -3.62. The molecule has 0 saturated carbocycles. The second-order valence-corrected chi connectivity index (χ2v) is 10.1. The second-order valence-electron chi connectivity index (χ2n) is 10.1. The number of para-hydroxylation sites is 1. The number of fused-ring (bicyclic) bond motifs is 1. The van der Waals surface area contributed by atoms with E-state index in [0.29, 0.717) is 51.4 Å². The topological polar surface area (TPSA) is 106 Å². The molecule has 1 unspecified atom stereocenters. The zero-order chi connectivity index (χ0) is 25.4. The summed E-state index contributed by atoms with van der Waals surface area (Å²) in [7, 11) is 0. The Morgan fingerprint density at radius 1 is 1.03 bits per heavy atom. The standard InChI is InChI=1S/C27H33N5O4/c1-17-5-3-4-6-22(17)32-16-20-7-8-23(28-21-10-13-30(14-11-21)27(35)36)29-25(20)24(26(32)34)19-9-12-31(15-19)18(2)33/h3-8,19,21,24H,9-16H2,1-2H3,(H,28,29)(H,35,36)/t19-,24?/m1/s1. The highest BCUT2D eigenvalue weighted by Crippen LogP contribution is 2.41. The van der Waals surface area contributed by atoms with Gasteiger partial charge in [0.25, 0.3) is 0 Å². The number of hydrogen-bond donors (Lipinski definition) is 2. The summed E-state index contributed by atoms with van der Waals surface area (Å²) in [6, 6.07) is 12.1. The maximum atomic E-state index is 14.0. The van der Waals surface area contributed by atoms with Crippen molar-refractivity contribution in [1.82, 2.24) is 14.8 Å². The predicted octanol–water partition coefficient (Wildman–Crippen LogP) is 3.44. The Labute approximate surface area is 211 Å². The number of piperidine rings is 1. The highest BCUT2D eigenvalue weighted by Gasteiger charge is 2.43. The number of carboxylic acid groups (broad SMARTS) is 1. The first-order valence-corrected chi connectivity index (χ1v) is 12.7. The van der Waals surface area contributed by atoms with Crippen LogP contribution < -0.4 is 10.2 Å². The van der Waals surface area contributed by atoms with Crippen LogP contribution in [0, 0.1) is 12.8 Å². The maximum Gasteiger partial charge on any atom is 0.407 e. The van der Waals surface area contributed by atoms with E-state index in [4.69, 9.17) is 4.98 Å². The molecule has 2 N–H and O–H groups in total. The minimum absolute atomic E-state index is 0.00789. The fourth-order valence-corrected chi connectivity index (χ4v) is 5.78. The molecule has 3 aliphatic rings. The van der Waals surface area contributed by atoms with E-state index in [1.165, 1.54) is 4.90 Å². The predicted molar refractivity (Wildman–Crippen MR) is 136 cm³/mol. The quantitative estimate of drug-likeness (QED) is 0.679. The number of carbonyl (C=O) groups excluding carboxylic acids is 2. The van der Waals surface area contributed by atoms with Gasteiger partial charge in [-0.3, -0.25) is 9.59 Å². The average molecular weight is 492 g/mol. The van der Waals surface area contributed by atoms with Crippen molar-refractivity contribution >= 4 is 29.4 Å². The Bertz CT molecular complexity index is 1180. The largest absolute Gasteiger partial charge is 0.465 e. The van der Waals surface area contributed by atoms with Gasteiger partial charge >= 0.3 is 6.09 Å². The normalized spacial score (nSPS) is 22.5. The van der Waals surface area contributed by atoms with E-state index in [1.54, 1.807) is 6.92 Å². The number of aromatic nitrogens is 1. The van der Waals surface area contributed by atoms with Gasteiger partial charge in [-0.25, -0.2) is 9.78 Å². The van der Waals surface area contributed by atoms with Crippen LogP contribution in [0.1, 0.15) is 48.9 Å². The molecule has 3 aliphatic heterocycles. The lowest BCUT2D eigenvalue weighted by atomic mass is 9.82. The van der Waals surface area contributed by atoms with Crippen molar-refractivity contribution in [1.29, 1.82) is 0 Å². The van der Waals surface area contributed by atoms with Crippen molar-refractivity contribution in [3.8, 4) is 0 Å². The molecule has 5 rings (SSSR count). The summed E-state index contributed by atoms with van der Waals surface area (Å²) in [5.41, 5.74) is 3.78. The fourth-order valence-electron chi connectivity index (χ4n) is 5.78. The number of carbonyl (C=O) groups is 3. The van der Waals surface area contributed by atoms with E-state index in [2.05, 4.69) is 11.4 Å². The van der Waals surface area contributed by atoms with Crippen molar-refractivity contribution < 1.29 is 19.5 Å². The van der Waals surface area contributed by atoms with Gasteiger partial charge in [-0.2, -0.15) is 0 Å². The summed E-state index contributed by atoms with van der Waals surface area (Å²) in [5, 5.41) is 12.7. The Morgan fingerprint density at radius 3 is 2.42 bits per heavy atom. The summed E-state index contributed by atoms with van der Waals surface area (Å²) in [6.07, 6.45) is 1.32. The molecular weight excluding hydrogens is 458 g/mol. The molecule has 3 amide bonds. The number of hydrogen-bond acceptors (Lipinski definition) is 5. The van der Waals surface area contributed by atoms with Crippen molar-refractivity contribution in [2.24, 2.45) is 5.92 Å². The molecule has 2 aromatic rings. The molecule has 1 aromatic carbocycles. The molecule has 9 nitrogen and oxygen atoms in total. The van der Waals surface area contributed by atoms with Gasteiger partial charge in [0.05, 0.1) is 18.2 Å². The van der Waals surface area contributed by atoms with Crippen LogP contribution in [0.15, 0.2) is 36.4 Å². The molecular formula is C27H33N5O4. The van der Waals surface area contributed by atoms with Crippen LogP contribution >= 0.6 is 0 Å². The van der Waals surface area contributed by atoms with Crippen LogP contribution in [0.4, 0.5) is 16.3 Å². The van der Waals surface area contributed by atoms with E-state index in [-0.39, 0.29) is 23.8 Å². The van der Waals surface area contributed by atoms with Crippen LogP contribution in [0.25, 0.3) is 0 Å². The molecule has 0 spiro atoms. The molecule has 2 atom stereocenters. The lowest BCUT2D eigenvalue weighted by Gasteiger charge is -2.37. The smallest absolute Gasteiger partial charge is 0.407 e. The lowest BCUT2D eigenvalue weighted by molar-refractivity contribution is -0.128. The molecule has 0 aliphatic carbocycles. The number of pyridine rings is 1. The number of anilines is 2. The monoisotopic (exact) mass is 491 g/mol. The third kappa shape index (κ3) is 4.62. The first kappa shape index (κ1) is 24.1. The van der Waals surface area contributed by atoms with Crippen LogP contribution in [0.5, 0.6) is 0 Å². The minimum atomic E-state index is -0.879. The van der Waals surface area contributed by atoms with Crippen molar-refractivity contribution in [2.75, 3.05) is 36.4 Å². The molecule has 190 valence electrons. The third-order valence-corrected chi connectivity index (χ3v) is 7.83. The molecule has 0 radical (unpaired) electrons. The number of likely N-dealkylation sites (tertiary alicyclic amines) is 2. The second kappa shape index (κ2) is 9.79. The van der Waals surface area contributed by atoms with Gasteiger partial charge in [0.1, 0.15) is 5.82 Å². The Balaban J connectivity index is 1.44. The van der Waals surface area contributed by atoms with Gasteiger partial charge in [0.15, 0.2) is 0 Å². The maximum absolute atomic E-state index is 14.0. The van der Waals surface area contributed by atoms with Gasteiger partial charge in [-0.15, -0.1) is 0 Å². The zero-order valence-electron chi connectivity index (χ0n) is 20.8. The first-order chi connectivity index (χ1) is 17.3. The first-order valence-electron chi connectivity index (χ1n) is 12.7. The molecule has 4 heterocycles. The minimum Gasteiger partial charge on any atom is -0.465 e. The summed E-state index contributed by atoms with van der Waals surface area (Å²) in [4.78, 5) is 47.4. The lowest BCUT2D eigenvalue weighted by Crippen LogP contribution is -2.44. The summed E-state index contributed by atoms with van der Waals surface area (Å²) < 4.78 is 0. The highest BCUT2D eigenvalue weighted by atomic mass is 16.4. The third-order valence-electron chi connectivity index (χ3n) is 7.83.